The standard InChI is InChI=1S/C24H22NO2PS/c1-2-27-22-15-13-21(14-16-22)25-28(26)17-23(19-9-5-3-6-10-19)29-24(18-28)20-11-7-4-8-12-20/h3-18H,2H2,1H3,(H,25,26). The third-order valence-electron chi connectivity index (χ3n) is 4.42. The van der Waals surface area contributed by atoms with Crippen LogP contribution in [0.1, 0.15) is 18.1 Å². The van der Waals surface area contributed by atoms with Crippen molar-refractivity contribution < 1.29 is 9.30 Å². The van der Waals surface area contributed by atoms with Crippen molar-refractivity contribution in [1.82, 2.24) is 0 Å². The molecule has 29 heavy (non-hydrogen) atoms. The molecule has 0 atom stereocenters. The number of hydrogen-bond donors (Lipinski definition) is 1. The van der Waals surface area contributed by atoms with E-state index in [9.17, 15) is 4.57 Å². The van der Waals surface area contributed by atoms with Crippen molar-refractivity contribution in [1.29, 1.82) is 0 Å². The van der Waals surface area contributed by atoms with E-state index in [4.69, 9.17) is 4.74 Å². The molecule has 0 aliphatic carbocycles. The molecule has 0 amide bonds. The highest BCUT2D eigenvalue weighted by atomic mass is 32.2. The number of anilines is 1. The second kappa shape index (κ2) is 8.77. The highest BCUT2D eigenvalue weighted by Crippen LogP contribution is 2.60. The van der Waals surface area contributed by atoms with Gasteiger partial charge in [0.15, 0.2) is 0 Å². The summed E-state index contributed by atoms with van der Waals surface area (Å²) in [5.41, 5.74) is 2.93. The van der Waals surface area contributed by atoms with E-state index in [1.807, 2.05) is 103 Å². The fourth-order valence-corrected chi connectivity index (χ4v) is 6.94. The van der Waals surface area contributed by atoms with E-state index < -0.39 is 7.29 Å². The monoisotopic (exact) mass is 419 g/mol. The van der Waals surface area contributed by atoms with Crippen LogP contribution < -0.4 is 9.82 Å². The van der Waals surface area contributed by atoms with E-state index in [0.717, 1.165) is 32.4 Å². The third kappa shape index (κ3) is 4.84. The summed E-state index contributed by atoms with van der Waals surface area (Å²) in [5, 5.41) is 3.26. The van der Waals surface area contributed by atoms with Crippen molar-refractivity contribution in [3.63, 3.8) is 0 Å². The SMILES string of the molecule is CCOc1ccc(NP2(=O)C=C(c3ccccc3)SC(c3ccccc3)=C2)cc1. The van der Waals surface area contributed by atoms with E-state index in [-0.39, 0.29) is 0 Å². The number of benzene rings is 3. The molecule has 0 saturated carbocycles. The Balaban J connectivity index is 1.70. The first-order valence-corrected chi connectivity index (χ1v) is 12.2. The topological polar surface area (TPSA) is 38.3 Å². The summed E-state index contributed by atoms with van der Waals surface area (Å²) >= 11 is 1.65. The molecule has 1 N–H and O–H groups in total. The first kappa shape index (κ1) is 19.6. The number of nitrogens with one attached hydrogen (secondary N) is 1. The van der Waals surface area contributed by atoms with Crippen molar-refractivity contribution in [2.75, 3.05) is 11.7 Å². The van der Waals surface area contributed by atoms with E-state index in [0.29, 0.717) is 6.61 Å². The Morgan fingerprint density at radius 3 is 1.79 bits per heavy atom. The minimum Gasteiger partial charge on any atom is -0.494 e. The molecule has 0 unspecified atom stereocenters. The van der Waals surface area contributed by atoms with E-state index in [1.165, 1.54) is 0 Å². The van der Waals surface area contributed by atoms with Gasteiger partial charge in [0, 0.05) is 27.1 Å². The van der Waals surface area contributed by atoms with Gasteiger partial charge in [-0.15, -0.1) is 0 Å². The normalized spacial score (nSPS) is 15.2. The van der Waals surface area contributed by atoms with Crippen molar-refractivity contribution >= 4 is 34.6 Å². The van der Waals surface area contributed by atoms with Gasteiger partial charge in [0.2, 0.25) is 7.29 Å². The number of rotatable bonds is 6. The predicted octanol–water partition coefficient (Wildman–Crippen LogP) is 7.52. The zero-order valence-electron chi connectivity index (χ0n) is 16.1. The lowest BCUT2D eigenvalue weighted by molar-refractivity contribution is 0.340. The Morgan fingerprint density at radius 2 is 1.31 bits per heavy atom. The van der Waals surface area contributed by atoms with Gasteiger partial charge in [-0.2, -0.15) is 0 Å². The summed E-state index contributed by atoms with van der Waals surface area (Å²) in [6.45, 7) is 2.57. The molecule has 0 bridgehead atoms. The van der Waals surface area contributed by atoms with E-state index >= 15 is 0 Å². The molecule has 0 fully saturated rings. The molecule has 146 valence electrons. The molecule has 1 aliphatic rings. The maximum absolute atomic E-state index is 13.9. The minimum atomic E-state index is -2.94. The highest BCUT2D eigenvalue weighted by molar-refractivity contribution is 8.17. The van der Waals surface area contributed by atoms with Gasteiger partial charge in [0.1, 0.15) is 5.75 Å². The molecule has 3 aromatic rings. The van der Waals surface area contributed by atoms with Crippen LogP contribution in [0.15, 0.2) is 96.6 Å². The Morgan fingerprint density at radius 1 is 0.793 bits per heavy atom. The summed E-state index contributed by atoms with van der Waals surface area (Å²) in [7, 11) is -2.94. The van der Waals surface area contributed by atoms with Crippen LogP contribution in [-0.4, -0.2) is 6.61 Å². The second-order valence-corrected chi connectivity index (χ2v) is 9.84. The average Bonchev–Trinajstić information content (AvgIpc) is 2.76. The summed E-state index contributed by atoms with van der Waals surface area (Å²) in [6.07, 6.45) is 0. The maximum Gasteiger partial charge on any atom is 0.215 e. The van der Waals surface area contributed by atoms with E-state index in [1.54, 1.807) is 11.8 Å². The fourth-order valence-electron chi connectivity index (χ4n) is 3.09. The molecular weight excluding hydrogens is 397 g/mol. The van der Waals surface area contributed by atoms with Crippen LogP contribution in [0.4, 0.5) is 5.69 Å². The Kier molecular flexibility index (Phi) is 5.94. The summed E-state index contributed by atoms with van der Waals surface area (Å²) in [4.78, 5) is 1.99. The van der Waals surface area contributed by atoms with Crippen molar-refractivity contribution in [2.45, 2.75) is 6.92 Å². The van der Waals surface area contributed by atoms with Gasteiger partial charge >= 0.3 is 0 Å². The first-order chi connectivity index (χ1) is 14.1. The zero-order valence-corrected chi connectivity index (χ0v) is 17.8. The van der Waals surface area contributed by atoms with Crippen LogP contribution in [0.3, 0.4) is 0 Å². The number of hydrogen-bond acceptors (Lipinski definition) is 3. The van der Waals surface area contributed by atoms with Crippen molar-refractivity contribution in [3.05, 3.63) is 108 Å². The van der Waals surface area contributed by atoms with Crippen LogP contribution in [0.5, 0.6) is 5.75 Å². The first-order valence-electron chi connectivity index (χ1n) is 9.50. The minimum absolute atomic E-state index is 0.620. The van der Waals surface area contributed by atoms with Gasteiger partial charge < -0.3 is 9.82 Å². The lowest BCUT2D eigenvalue weighted by atomic mass is 10.2. The van der Waals surface area contributed by atoms with Crippen LogP contribution in [-0.2, 0) is 4.57 Å². The molecule has 1 aliphatic heterocycles. The lowest BCUT2D eigenvalue weighted by Crippen LogP contribution is -1.98. The molecule has 4 rings (SSSR count). The van der Waals surface area contributed by atoms with Gasteiger partial charge in [-0.25, -0.2) is 0 Å². The zero-order chi connectivity index (χ0) is 20.1. The van der Waals surface area contributed by atoms with Gasteiger partial charge in [-0.3, -0.25) is 4.57 Å². The molecule has 1 heterocycles. The van der Waals surface area contributed by atoms with Gasteiger partial charge in [0.05, 0.1) is 6.61 Å². The maximum atomic E-state index is 13.9. The largest absolute Gasteiger partial charge is 0.494 e. The number of ether oxygens (including phenoxy) is 1. The van der Waals surface area contributed by atoms with Crippen molar-refractivity contribution in [3.8, 4) is 5.75 Å². The molecule has 0 saturated heterocycles. The third-order valence-corrected chi connectivity index (χ3v) is 7.81. The molecule has 3 nitrogen and oxygen atoms in total. The summed E-state index contributed by atoms with van der Waals surface area (Å²) in [5.74, 6) is 4.54. The second-order valence-electron chi connectivity index (χ2n) is 6.60. The molecule has 5 heteroatoms. The van der Waals surface area contributed by atoms with Crippen LogP contribution in [0.25, 0.3) is 9.81 Å². The number of thioether (sulfide) groups is 1. The summed E-state index contributed by atoms with van der Waals surface area (Å²) < 4.78 is 19.4. The smallest absolute Gasteiger partial charge is 0.215 e. The summed E-state index contributed by atoms with van der Waals surface area (Å²) in [6, 6.07) is 27.8. The Hall–Kier alpha value is -2.68. The quantitative estimate of drug-likeness (QED) is 0.419. The molecule has 0 aromatic heterocycles. The average molecular weight is 419 g/mol. The van der Waals surface area contributed by atoms with Crippen LogP contribution in [0, 0.1) is 0 Å². The van der Waals surface area contributed by atoms with Gasteiger partial charge in [-0.1, -0.05) is 72.4 Å². The van der Waals surface area contributed by atoms with Gasteiger partial charge in [-0.05, 0) is 42.3 Å². The molecule has 0 spiro atoms. The predicted molar refractivity (Wildman–Crippen MR) is 125 cm³/mol. The Labute approximate surface area is 175 Å². The highest BCUT2D eigenvalue weighted by Gasteiger charge is 2.26. The molecule has 0 radical (unpaired) electrons. The van der Waals surface area contributed by atoms with E-state index in [2.05, 4.69) is 5.09 Å². The molecular formula is C24H22NO2PS. The fraction of sp³-hybridized carbons (Fsp3) is 0.0833. The lowest BCUT2D eigenvalue weighted by Gasteiger charge is -2.23. The Bertz CT molecular complexity index is 1020. The molecule has 3 aromatic carbocycles. The van der Waals surface area contributed by atoms with Crippen molar-refractivity contribution in [2.24, 2.45) is 0 Å². The van der Waals surface area contributed by atoms with Gasteiger partial charge in [0.25, 0.3) is 0 Å². The van der Waals surface area contributed by atoms with Crippen LogP contribution in [0.2, 0.25) is 0 Å². The van der Waals surface area contributed by atoms with Crippen LogP contribution >= 0.6 is 19.1 Å².